The van der Waals surface area contributed by atoms with Gasteiger partial charge in [0.25, 0.3) is 0 Å². The molecule has 3 rings (SSSR count). The maximum Gasteiger partial charge on any atom is 0.130 e. The van der Waals surface area contributed by atoms with Gasteiger partial charge in [-0.1, -0.05) is 30.3 Å². The Bertz CT molecular complexity index is 613. The second-order valence-electron chi connectivity index (χ2n) is 4.94. The zero-order valence-electron chi connectivity index (χ0n) is 10.7. The molecule has 1 atom stereocenters. The molecule has 0 saturated heterocycles. The maximum absolute atomic E-state index is 9.06. The van der Waals surface area contributed by atoms with Gasteiger partial charge in [0.15, 0.2) is 0 Å². The van der Waals surface area contributed by atoms with Crippen molar-refractivity contribution in [2.45, 2.75) is 24.9 Å². The molecule has 19 heavy (non-hydrogen) atoms. The first kappa shape index (κ1) is 12.0. The average Bonchev–Trinajstić information content (AvgIpc) is 3.27. The number of fused-ring (bicyclic) bond motifs is 1. The Labute approximate surface area is 112 Å². The molecule has 0 aliphatic heterocycles. The minimum absolute atomic E-state index is 0.223. The van der Waals surface area contributed by atoms with E-state index >= 15 is 0 Å². The zero-order valence-corrected chi connectivity index (χ0v) is 10.7. The van der Waals surface area contributed by atoms with Crippen molar-refractivity contribution < 1.29 is 4.74 Å². The molecule has 2 aromatic rings. The number of nitriles is 1. The van der Waals surface area contributed by atoms with Crippen molar-refractivity contribution in [3.8, 4) is 11.8 Å². The van der Waals surface area contributed by atoms with Crippen LogP contribution in [0, 0.1) is 11.3 Å². The topological polar surface area (TPSA) is 45.0 Å². The molecular weight excluding hydrogens is 236 g/mol. The number of rotatable bonds is 5. The van der Waals surface area contributed by atoms with Gasteiger partial charge in [0.05, 0.1) is 6.07 Å². The van der Waals surface area contributed by atoms with E-state index in [-0.39, 0.29) is 6.04 Å². The summed E-state index contributed by atoms with van der Waals surface area (Å²) in [6.45, 7) is 0.394. The van der Waals surface area contributed by atoms with Crippen LogP contribution >= 0.6 is 0 Å². The molecule has 1 aliphatic carbocycles. The standard InChI is InChI=1S/C16H16N2O/c17-10-15(18-14-6-7-14)11-19-16-8-5-12-3-1-2-4-13(12)9-16/h1-5,8-9,14-15,18H,6-7,11H2. The highest BCUT2D eigenvalue weighted by Gasteiger charge is 2.24. The molecule has 0 spiro atoms. The molecule has 2 aromatic carbocycles. The van der Waals surface area contributed by atoms with Crippen LogP contribution in [0.1, 0.15) is 12.8 Å². The fourth-order valence-corrected chi connectivity index (χ4v) is 2.09. The fourth-order valence-electron chi connectivity index (χ4n) is 2.09. The Balaban J connectivity index is 1.65. The Morgan fingerprint density at radius 1 is 1.21 bits per heavy atom. The molecule has 3 heteroatoms. The zero-order chi connectivity index (χ0) is 13.1. The van der Waals surface area contributed by atoms with Crippen molar-refractivity contribution in [2.24, 2.45) is 0 Å². The largest absolute Gasteiger partial charge is 0.491 e. The second-order valence-corrected chi connectivity index (χ2v) is 4.94. The van der Waals surface area contributed by atoms with Crippen LogP contribution in [0.15, 0.2) is 42.5 Å². The van der Waals surface area contributed by atoms with E-state index in [0.717, 1.165) is 11.1 Å². The van der Waals surface area contributed by atoms with E-state index in [4.69, 9.17) is 10.00 Å². The normalized spacial score (nSPS) is 15.9. The van der Waals surface area contributed by atoms with Crippen LogP contribution < -0.4 is 10.1 Å². The summed E-state index contributed by atoms with van der Waals surface area (Å²) in [5.74, 6) is 0.816. The molecule has 0 bridgehead atoms. The number of benzene rings is 2. The van der Waals surface area contributed by atoms with Crippen LogP contribution in [0.3, 0.4) is 0 Å². The highest BCUT2D eigenvalue weighted by Crippen LogP contribution is 2.22. The van der Waals surface area contributed by atoms with Crippen LogP contribution in [0.5, 0.6) is 5.75 Å². The molecule has 0 heterocycles. The number of hydrogen-bond acceptors (Lipinski definition) is 3. The van der Waals surface area contributed by atoms with E-state index in [1.54, 1.807) is 0 Å². The first-order chi connectivity index (χ1) is 9.35. The molecule has 3 nitrogen and oxygen atoms in total. The van der Waals surface area contributed by atoms with Crippen molar-refractivity contribution in [2.75, 3.05) is 6.61 Å². The van der Waals surface area contributed by atoms with Crippen LogP contribution in [-0.4, -0.2) is 18.7 Å². The summed E-state index contributed by atoms with van der Waals surface area (Å²) >= 11 is 0. The number of ether oxygens (including phenoxy) is 1. The highest BCUT2D eigenvalue weighted by atomic mass is 16.5. The summed E-state index contributed by atoms with van der Waals surface area (Å²) in [7, 11) is 0. The van der Waals surface area contributed by atoms with Crippen LogP contribution in [0.4, 0.5) is 0 Å². The summed E-state index contributed by atoms with van der Waals surface area (Å²) in [5, 5.41) is 14.7. The lowest BCUT2D eigenvalue weighted by atomic mass is 10.1. The molecule has 1 saturated carbocycles. The van der Waals surface area contributed by atoms with Crippen LogP contribution in [0.25, 0.3) is 10.8 Å². The lowest BCUT2D eigenvalue weighted by Gasteiger charge is -2.12. The Morgan fingerprint density at radius 2 is 2.00 bits per heavy atom. The smallest absolute Gasteiger partial charge is 0.130 e. The van der Waals surface area contributed by atoms with E-state index < -0.39 is 0 Å². The SMILES string of the molecule is N#CC(COc1ccc2ccccc2c1)NC1CC1. The van der Waals surface area contributed by atoms with Gasteiger partial charge in [0.1, 0.15) is 18.4 Å². The second kappa shape index (κ2) is 5.29. The lowest BCUT2D eigenvalue weighted by Crippen LogP contribution is -2.34. The quantitative estimate of drug-likeness (QED) is 0.890. The van der Waals surface area contributed by atoms with Gasteiger partial charge in [-0.05, 0) is 35.7 Å². The van der Waals surface area contributed by atoms with Crippen molar-refractivity contribution in [1.29, 1.82) is 5.26 Å². The molecule has 1 unspecified atom stereocenters. The van der Waals surface area contributed by atoms with Crippen LogP contribution in [-0.2, 0) is 0 Å². The molecule has 1 N–H and O–H groups in total. The maximum atomic E-state index is 9.06. The lowest BCUT2D eigenvalue weighted by molar-refractivity contribution is 0.288. The van der Waals surface area contributed by atoms with Gasteiger partial charge in [0, 0.05) is 6.04 Å². The summed E-state index contributed by atoms with van der Waals surface area (Å²) in [5.41, 5.74) is 0. The predicted octanol–water partition coefficient (Wildman–Crippen LogP) is 2.86. The highest BCUT2D eigenvalue weighted by molar-refractivity contribution is 5.83. The number of hydrogen-bond donors (Lipinski definition) is 1. The first-order valence-corrected chi connectivity index (χ1v) is 6.62. The summed E-state index contributed by atoms with van der Waals surface area (Å²) in [4.78, 5) is 0. The molecule has 0 radical (unpaired) electrons. The average molecular weight is 252 g/mol. The van der Waals surface area contributed by atoms with Crippen molar-refractivity contribution in [1.82, 2.24) is 5.32 Å². The number of nitrogens with one attached hydrogen (secondary N) is 1. The summed E-state index contributed by atoms with van der Waals surface area (Å²) < 4.78 is 5.71. The molecule has 96 valence electrons. The van der Waals surface area contributed by atoms with Gasteiger partial charge < -0.3 is 4.74 Å². The van der Waals surface area contributed by atoms with Gasteiger partial charge in [-0.15, -0.1) is 0 Å². The van der Waals surface area contributed by atoms with E-state index in [2.05, 4.69) is 23.5 Å². The van der Waals surface area contributed by atoms with Crippen molar-refractivity contribution in [3.05, 3.63) is 42.5 Å². The molecule has 1 aliphatic rings. The number of nitrogens with zero attached hydrogens (tertiary/aromatic N) is 1. The Hall–Kier alpha value is -2.05. The molecular formula is C16H16N2O. The first-order valence-electron chi connectivity index (χ1n) is 6.62. The van der Waals surface area contributed by atoms with E-state index in [1.165, 1.54) is 18.2 Å². The minimum Gasteiger partial charge on any atom is -0.491 e. The third kappa shape index (κ3) is 3.04. The van der Waals surface area contributed by atoms with Gasteiger partial charge in [0.2, 0.25) is 0 Å². The van der Waals surface area contributed by atoms with E-state index in [9.17, 15) is 0 Å². The Kier molecular flexibility index (Phi) is 3.35. The van der Waals surface area contributed by atoms with Crippen molar-refractivity contribution in [3.63, 3.8) is 0 Å². The van der Waals surface area contributed by atoms with E-state index in [0.29, 0.717) is 12.6 Å². The monoisotopic (exact) mass is 252 g/mol. The van der Waals surface area contributed by atoms with Crippen molar-refractivity contribution >= 4 is 10.8 Å². The third-order valence-corrected chi connectivity index (χ3v) is 3.31. The predicted molar refractivity (Wildman–Crippen MR) is 75.0 cm³/mol. The minimum atomic E-state index is -0.223. The molecule has 0 aromatic heterocycles. The molecule has 1 fully saturated rings. The van der Waals surface area contributed by atoms with Gasteiger partial charge >= 0.3 is 0 Å². The van der Waals surface area contributed by atoms with Crippen LogP contribution in [0.2, 0.25) is 0 Å². The van der Waals surface area contributed by atoms with Gasteiger partial charge in [-0.2, -0.15) is 5.26 Å². The molecule has 0 amide bonds. The third-order valence-electron chi connectivity index (χ3n) is 3.31. The summed E-state index contributed by atoms with van der Waals surface area (Å²) in [6.07, 6.45) is 2.35. The van der Waals surface area contributed by atoms with E-state index in [1.807, 2.05) is 30.3 Å². The summed E-state index contributed by atoms with van der Waals surface area (Å²) in [6, 6.07) is 16.7. The van der Waals surface area contributed by atoms with Gasteiger partial charge in [-0.3, -0.25) is 5.32 Å². The van der Waals surface area contributed by atoms with Gasteiger partial charge in [-0.25, -0.2) is 0 Å². The fraction of sp³-hybridized carbons (Fsp3) is 0.312. The Morgan fingerprint density at radius 3 is 2.74 bits per heavy atom.